The predicted octanol–water partition coefficient (Wildman–Crippen LogP) is 4.94. The Balaban J connectivity index is 2.26. The number of rotatable bonds is 7. The maximum Gasteiger partial charge on any atom is 0.134 e. The van der Waals surface area contributed by atoms with Gasteiger partial charge in [0.05, 0.1) is 12.0 Å². The van der Waals surface area contributed by atoms with Crippen LogP contribution >= 0.6 is 27.3 Å². The molecule has 0 saturated carbocycles. The molecule has 0 aliphatic rings. The summed E-state index contributed by atoms with van der Waals surface area (Å²) < 4.78 is 19.8. The molecular formula is C16H19BrFNOS. The third-order valence-corrected chi connectivity index (χ3v) is 5.05. The summed E-state index contributed by atoms with van der Waals surface area (Å²) in [5.41, 5.74) is 0.957. The van der Waals surface area contributed by atoms with Crippen molar-refractivity contribution in [3.63, 3.8) is 0 Å². The standard InChI is InChI=1S/C16H19BrFNOS/c1-3-7-19-14(16-15(20-2)6-8-21-16)10-11-9-12(18)4-5-13(11)17/h4-6,8-9,14,19H,3,7,10H2,1-2H3. The summed E-state index contributed by atoms with van der Waals surface area (Å²) >= 11 is 5.17. The van der Waals surface area contributed by atoms with Crippen LogP contribution < -0.4 is 10.1 Å². The van der Waals surface area contributed by atoms with E-state index in [0.29, 0.717) is 0 Å². The first-order valence-electron chi connectivity index (χ1n) is 6.94. The van der Waals surface area contributed by atoms with Crippen LogP contribution in [-0.4, -0.2) is 13.7 Å². The van der Waals surface area contributed by atoms with Gasteiger partial charge in [-0.1, -0.05) is 22.9 Å². The lowest BCUT2D eigenvalue weighted by Gasteiger charge is -2.19. The highest BCUT2D eigenvalue weighted by molar-refractivity contribution is 9.10. The molecule has 0 spiro atoms. The van der Waals surface area contributed by atoms with E-state index in [4.69, 9.17) is 4.74 Å². The number of hydrogen-bond donors (Lipinski definition) is 1. The van der Waals surface area contributed by atoms with Gasteiger partial charge in [0.25, 0.3) is 0 Å². The normalized spacial score (nSPS) is 12.4. The highest BCUT2D eigenvalue weighted by Gasteiger charge is 2.19. The Labute approximate surface area is 137 Å². The van der Waals surface area contributed by atoms with Gasteiger partial charge in [-0.05, 0) is 54.6 Å². The second kappa shape index (κ2) is 7.92. The number of nitrogens with one attached hydrogen (secondary N) is 1. The largest absolute Gasteiger partial charge is 0.496 e. The molecule has 1 N–H and O–H groups in total. The zero-order valence-electron chi connectivity index (χ0n) is 12.2. The van der Waals surface area contributed by atoms with E-state index in [2.05, 4.69) is 28.2 Å². The molecule has 21 heavy (non-hydrogen) atoms. The molecule has 2 rings (SSSR count). The minimum Gasteiger partial charge on any atom is -0.496 e. The number of hydrogen-bond acceptors (Lipinski definition) is 3. The smallest absolute Gasteiger partial charge is 0.134 e. The molecule has 0 saturated heterocycles. The minimum atomic E-state index is -0.208. The third kappa shape index (κ3) is 4.28. The second-order valence-corrected chi connectivity index (χ2v) is 6.60. The van der Waals surface area contributed by atoms with Crippen molar-refractivity contribution in [3.05, 3.63) is 50.4 Å². The lowest BCUT2D eigenvalue weighted by atomic mass is 10.0. The van der Waals surface area contributed by atoms with Crippen molar-refractivity contribution in [2.45, 2.75) is 25.8 Å². The van der Waals surface area contributed by atoms with E-state index >= 15 is 0 Å². The SMILES string of the molecule is CCCNC(Cc1cc(F)ccc1Br)c1sccc1OC. The molecule has 2 nitrogen and oxygen atoms in total. The van der Waals surface area contributed by atoms with E-state index in [-0.39, 0.29) is 11.9 Å². The first-order valence-corrected chi connectivity index (χ1v) is 8.61. The van der Waals surface area contributed by atoms with Crippen molar-refractivity contribution in [3.8, 4) is 5.75 Å². The summed E-state index contributed by atoms with van der Waals surface area (Å²) in [5.74, 6) is 0.682. The van der Waals surface area contributed by atoms with Crippen LogP contribution in [0.5, 0.6) is 5.75 Å². The van der Waals surface area contributed by atoms with Gasteiger partial charge in [0.1, 0.15) is 11.6 Å². The molecule has 2 aromatic rings. The number of thiophene rings is 1. The predicted molar refractivity (Wildman–Crippen MR) is 89.7 cm³/mol. The average molecular weight is 372 g/mol. The van der Waals surface area contributed by atoms with Crippen LogP contribution in [0.15, 0.2) is 34.1 Å². The topological polar surface area (TPSA) is 21.3 Å². The van der Waals surface area contributed by atoms with E-state index in [0.717, 1.165) is 40.0 Å². The zero-order valence-corrected chi connectivity index (χ0v) is 14.6. The lowest BCUT2D eigenvalue weighted by molar-refractivity contribution is 0.402. The molecule has 0 aliphatic carbocycles. The molecule has 1 aromatic heterocycles. The van der Waals surface area contributed by atoms with Gasteiger partial charge in [-0.3, -0.25) is 0 Å². The Hall–Kier alpha value is -0.910. The molecule has 5 heteroatoms. The van der Waals surface area contributed by atoms with Crippen LogP contribution in [0, 0.1) is 5.82 Å². The van der Waals surface area contributed by atoms with Gasteiger partial charge in [-0.25, -0.2) is 4.39 Å². The summed E-state index contributed by atoms with van der Waals surface area (Å²) in [6.07, 6.45) is 1.77. The number of halogens is 2. The molecule has 114 valence electrons. The van der Waals surface area contributed by atoms with Crippen LogP contribution in [-0.2, 0) is 6.42 Å². The van der Waals surface area contributed by atoms with Gasteiger partial charge >= 0.3 is 0 Å². The fourth-order valence-electron chi connectivity index (χ4n) is 2.23. The summed E-state index contributed by atoms with van der Waals surface area (Å²) in [7, 11) is 1.68. The molecule has 1 unspecified atom stereocenters. The Morgan fingerprint density at radius 3 is 2.90 bits per heavy atom. The van der Waals surface area contributed by atoms with Crippen LogP contribution in [0.4, 0.5) is 4.39 Å². The van der Waals surface area contributed by atoms with E-state index in [9.17, 15) is 4.39 Å². The monoisotopic (exact) mass is 371 g/mol. The quantitative estimate of drug-likeness (QED) is 0.743. The number of ether oxygens (including phenoxy) is 1. The maximum atomic E-state index is 13.5. The van der Waals surface area contributed by atoms with Crippen molar-refractivity contribution >= 4 is 27.3 Å². The van der Waals surface area contributed by atoms with Gasteiger partial charge in [0.2, 0.25) is 0 Å². The second-order valence-electron chi connectivity index (χ2n) is 4.80. The van der Waals surface area contributed by atoms with Crippen molar-refractivity contribution in [2.24, 2.45) is 0 Å². The van der Waals surface area contributed by atoms with Gasteiger partial charge in [-0.15, -0.1) is 11.3 Å². The van der Waals surface area contributed by atoms with Crippen LogP contribution in [0.3, 0.4) is 0 Å². The average Bonchev–Trinajstić information content (AvgIpc) is 2.95. The third-order valence-electron chi connectivity index (χ3n) is 3.27. The molecule has 0 radical (unpaired) electrons. The Bertz CT molecular complexity index is 587. The van der Waals surface area contributed by atoms with Crippen LogP contribution in [0.25, 0.3) is 0 Å². The summed E-state index contributed by atoms with van der Waals surface area (Å²) in [5, 5.41) is 5.55. The highest BCUT2D eigenvalue weighted by atomic mass is 79.9. The lowest BCUT2D eigenvalue weighted by Crippen LogP contribution is -2.24. The maximum absolute atomic E-state index is 13.5. The Kier molecular flexibility index (Phi) is 6.21. The number of methoxy groups -OCH3 is 1. The van der Waals surface area contributed by atoms with Gasteiger partial charge in [-0.2, -0.15) is 0 Å². The van der Waals surface area contributed by atoms with Crippen LogP contribution in [0.2, 0.25) is 0 Å². The minimum absolute atomic E-state index is 0.123. The first-order chi connectivity index (χ1) is 10.2. The fourth-order valence-corrected chi connectivity index (χ4v) is 3.57. The van der Waals surface area contributed by atoms with E-state index < -0.39 is 0 Å². The Morgan fingerprint density at radius 2 is 2.19 bits per heavy atom. The van der Waals surface area contributed by atoms with Crippen molar-refractivity contribution in [1.29, 1.82) is 0 Å². The summed E-state index contributed by atoms with van der Waals surface area (Å²) in [6.45, 7) is 3.05. The van der Waals surface area contributed by atoms with E-state index in [1.54, 1.807) is 30.6 Å². The summed E-state index contributed by atoms with van der Waals surface area (Å²) in [4.78, 5) is 1.15. The van der Waals surface area contributed by atoms with Crippen LogP contribution in [0.1, 0.15) is 29.8 Å². The van der Waals surface area contributed by atoms with Crippen molar-refractivity contribution in [2.75, 3.05) is 13.7 Å². The highest BCUT2D eigenvalue weighted by Crippen LogP contribution is 2.34. The molecule has 0 bridgehead atoms. The Morgan fingerprint density at radius 1 is 1.38 bits per heavy atom. The molecule has 1 atom stereocenters. The number of benzene rings is 1. The van der Waals surface area contributed by atoms with Gasteiger partial charge in [0, 0.05) is 10.5 Å². The van der Waals surface area contributed by atoms with E-state index in [1.807, 2.05) is 11.4 Å². The first kappa shape index (κ1) is 16.5. The molecule has 1 heterocycles. The van der Waals surface area contributed by atoms with E-state index in [1.165, 1.54) is 6.07 Å². The zero-order chi connectivity index (χ0) is 15.2. The van der Waals surface area contributed by atoms with Gasteiger partial charge in [0.15, 0.2) is 0 Å². The molecule has 1 aromatic carbocycles. The van der Waals surface area contributed by atoms with Crippen molar-refractivity contribution < 1.29 is 9.13 Å². The molecule has 0 amide bonds. The van der Waals surface area contributed by atoms with Gasteiger partial charge < -0.3 is 10.1 Å². The summed E-state index contributed by atoms with van der Waals surface area (Å²) in [6, 6.07) is 6.91. The molecule has 0 fully saturated rings. The fraction of sp³-hybridized carbons (Fsp3) is 0.375. The molecular weight excluding hydrogens is 353 g/mol. The van der Waals surface area contributed by atoms with Crippen molar-refractivity contribution in [1.82, 2.24) is 5.32 Å². The molecule has 0 aliphatic heterocycles.